The molecule has 0 fully saturated rings. The summed E-state index contributed by atoms with van der Waals surface area (Å²) < 4.78 is 20.2. The summed E-state index contributed by atoms with van der Waals surface area (Å²) in [7, 11) is 1.62. The number of nitrogens with one attached hydrogen (secondary N) is 2. The Morgan fingerprint density at radius 2 is 1.59 bits per heavy atom. The average molecular weight is 515 g/mol. The maximum atomic E-state index is 13.0. The summed E-state index contributed by atoms with van der Waals surface area (Å²) in [5.41, 5.74) is 2.94. The van der Waals surface area contributed by atoms with E-state index in [0.29, 0.717) is 10.4 Å². The van der Waals surface area contributed by atoms with Gasteiger partial charge in [0.1, 0.15) is 22.1 Å². The van der Waals surface area contributed by atoms with E-state index < -0.39 is 5.82 Å². The molecule has 3 aromatic carbocycles. The highest BCUT2D eigenvalue weighted by Crippen LogP contribution is 2.35. The zero-order chi connectivity index (χ0) is 25.8. The Balaban J connectivity index is 1.34. The molecular weight excluding hydrogens is 491 g/mol. The molecule has 186 valence electrons. The molecule has 2 heterocycles. The quantitative estimate of drug-likeness (QED) is 0.284. The molecule has 2 amide bonds. The van der Waals surface area contributed by atoms with E-state index in [2.05, 4.69) is 10.6 Å². The molecule has 2 N–H and O–H groups in total. The SMILES string of the molecule is COc1ccc(-n2nc(-c3ccccc3)c3cc(C(=O)NCCNC(=O)c4ccc(F)cc4)sc32)cc1. The van der Waals surface area contributed by atoms with Gasteiger partial charge in [-0.1, -0.05) is 30.3 Å². The number of fused-ring (bicyclic) bond motifs is 1. The van der Waals surface area contributed by atoms with Gasteiger partial charge >= 0.3 is 0 Å². The molecule has 0 atom stereocenters. The molecule has 0 aliphatic carbocycles. The Morgan fingerprint density at radius 1 is 0.919 bits per heavy atom. The van der Waals surface area contributed by atoms with E-state index in [4.69, 9.17) is 9.84 Å². The van der Waals surface area contributed by atoms with Gasteiger partial charge in [0.05, 0.1) is 17.7 Å². The van der Waals surface area contributed by atoms with Crippen LogP contribution in [0, 0.1) is 5.82 Å². The summed E-state index contributed by atoms with van der Waals surface area (Å²) in [6, 6.07) is 24.5. The number of benzene rings is 3. The summed E-state index contributed by atoms with van der Waals surface area (Å²) in [6.07, 6.45) is 0. The van der Waals surface area contributed by atoms with Crippen LogP contribution in [0.3, 0.4) is 0 Å². The molecule has 9 heteroatoms. The number of aromatic nitrogens is 2. The first-order valence-electron chi connectivity index (χ1n) is 11.6. The number of carbonyl (C=O) groups excluding carboxylic acids is 2. The first-order valence-corrected chi connectivity index (χ1v) is 12.4. The third kappa shape index (κ3) is 5.22. The highest BCUT2D eigenvalue weighted by molar-refractivity contribution is 7.20. The number of amides is 2. The van der Waals surface area contributed by atoms with Crippen molar-refractivity contribution in [3.8, 4) is 22.7 Å². The number of hydrogen-bond donors (Lipinski definition) is 2. The Morgan fingerprint density at radius 3 is 2.27 bits per heavy atom. The van der Waals surface area contributed by atoms with Gasteiger partial charge in [0.15, 0.2) is 0 Å². The molecule has 0 radical (unpaired) electrons. The Bertz CT molecular complexity index is 1540. The maximum Gasteiger partial charge on any atom is 0.261 e. The van der Waals surface area contributed by atoms with E-state index in [1.807, 2.05) is 65.3 Å². The first-order chi connectivity index (χ1) is 18.0. The fourth-order valence-corrected chi connectivity index (χ4v) is 4.92. The third-order valence-corrected chi connectivity index (χ3v) is 6.86. The van der Waals surface area contributed by atoms with Gasteiger partial charge in [-0.3, -0.25) is 9.59 Å². The molecule has 5 aromatic rings. The van der Waals surface area contributed by atoms with Crippen LogP contribution in [-0.4, -0.2) is 41.8 Å². The predicted molar refractivity (Wildman–Crippen MR) is 142 cm³/mol. The van der Waals surface area contributed by atoms with Crippen molar-refractivity contribution in [3.63, 3.8) is 0 Å². The van der Waals surface area contributed by atoms with Crippen LogP contribution in [0.4, 0.5) is 4.39 Å². The number of methoxy groups -OCH3 is 1. The highest BCUT2D eigenvalue weighted by atomic mass is 32.1. The van der Waals surface area contributed by atoms with Gasteiger partial charge in [0, 0.05) is 29.6 Å². The van der Waals surface area contributed by atoms with Crippen molar-refractivity contribution in [2.75, 3.05) is 20.2 Å². The molecule has 0 saturated carbocycles. The molecule has 0 spiro atoms. The first kappa shape index (κ1) is 24.2. The second-order valence-electron chi connectivity index (χ2n) is 8.17. The van der Waals surface area contributed by atoms with Crippen LogP contribution in [0.2, 0.25) is 0 Å². The third-order valence-electron chi connectivity index (χ3n) is 5.75. The second kappa shape index (κ2) is 10.6. The van der Waals surface area contributed by atoms with Crippen molar-refractivity contribution in [2.24, 2.45) is 0 Å². The summed E-state index contributed by atoms with van der Waals surface area (Å²) in [5.74, 6) is -0.230. The fourth-order valence-electron chi connectivity index (χ4n) is 3.87. The van der Waals surface area contributed by atoms with Gasteiger partial charge in [-0.25, -0.2) is 9.07 Å². The van der Waals surface area contributed by atoms with E-state index in [1.54, 1.807) is 7.11 Å². The minimum Gasteiger partial charge on any atom is -0.497 e. The van der Waals surface area contributed by atoms with Crippen molar-refractivity contribution < 1.29 is 18.7 Å². The number of rotatable bonds is 8. The summed E-state index contributed by atoms with van der Waals surface area (Å²) in [5, 5.41) is 11.3. The van der Waals surface area contributed by atoms with Gasteiger partial charge in [0.25, 0.3) is 11.8 Å². The van der Waals surface area contributed by atoms with Crippen molar-refractivity contribution >= 4 is 33.4 Å². The minimum absolute atomic E-state index is 0.238. The van der Waals surface area contributed by atoms with Gasteiger partial charge in [-0.15, -0.1) is 11.3 Å². The summed E-state index contributed by atoms with van der Waals surface area (Å²) in [6.45, 7) is 0.484. The van der Waals surface area contributed by atoms with Crippen molar-refractivity contribution in [3.05, 3.63) is 101 Å². The van der Waals surface area contributed by atoms with Crippen LogP contribution >= 0.6 is 11.3 Å². The van der Waals surface area contributed by atoms with Crippen molar-refractivity contribution in [1.29, 1.82) is 0 Å². The minimum atomic E-state index is -0.405. The van der Waals surface area contributed by atoms with Gasteiger partial charge in [0.2, 0.25) is 0 Å². The lowest BCUT2D eigenvalue weighted by Gasteiger charge is -2.07. The zero-order valence-electron chi connectivity index (χ0n) is 19.9. The van der Waals surface area contributed by atoms with Gasteiger partial charge in [-0.2, -0.15) is 5.10 Å². The topological polar surface area (TPSA) is 85.2 Å². The Hall–Kier alpha value is -4.50. The van der Waals surface area contributed by atoms with Crippen LogP contribution < -0.4 is 15.4 Å². The summed E-state index contributed by atoms with van der Waals surface area (Å²) >= 11 is 1.35. The number of thiophene rings is 1. The number of ether oxygens (including phenoxy) is 1. The van der Waals surface area contributed by atoms with Crippen molar-refractivity contribution in [2.45, 2.75) is 0 Å². The zero-order valence-corrected chi connectivity index (χ0v) is 20.7. The monoisotopic (exact) mass is 514 g/mol. The van der Waals surface area contributed by atoms with E-state index >= 15 is 0 Å². The van der Waals surface area contributed by atoms with E-state index in [-0.39, 0.29) is 24.9 Å². The van der Waals surface area contributed by atoms with Crippen LogP contribution in [0.15, 0.2) is 84.9 Å². The standard InChI is InChI=1S/C28H23FN4O3S/c1-36-22-13-11-21(12-14-22)33-28-23(25(32-33)18-5-3-2-4-6-18)17-24(37-28)27(35)31-16-15-30-26(34)19-7-9-20(29)10-8-19/h2-14,17H,15-16H2,1H3,(H,30,34)(H,31,35). The van der Waals surface area contributed by atoms with Crippen molar-refractivity contribution in [1.82, 2.24) is 20.4 Å². The normalized spacial score (nSPS) is 10.9. The Kier molecular flexibility index (Phi) is 6.96. The number of hydrogen-bond acceptors (Lipinski definition) is 5. The van der Waals surface area contributed by atoms with Crippen LogP contribution in [0.5, 0.6) is 5.75 Å². The molecule has 7 nitrogen and oxygen atoms in total. The van der Waals surface area contributed by atoms with Gasteiger partial charge in [-0.05, 0) is 54.6 Å². The highest BCUT2D eigenvalue weighted by Gasteiger charge is 2.20. The fraction of sp³-hybridized carbons (Fsp3) is 0.107. The summed E-state index contributed by atoms with van der Waals surface area (Å²) in [4.78, 5) is 26.5. The molecule has 0 aliphatic heterocycles. The molecule has 0 aliphatic rings. The largest absolute Gasteiger partial charge is 0.497 e. The Labute approximate surface area is 216 Å². The molecule has 0 unspecified atom stereocenters. The predicted octanol–water partition coefficient (Wildman–Crippen LogP) is 5.06. The number of nitrogens with zero attached hydrogens (tertiary/aromatic N) is 2. The molecule has 0 saturated heterocycles. The lowest BCUT2D eigenvalue weighted by atomic mass is 10.1. The molecular formula is C28H23FN4O3S. The second-order valence-corrected chi connectivity index (χ2v) is 9.20. The van der Waals surface area contributed by atoms with E-state index in [0.717, 1.165) is 32.9 Å². The molecule has 2 aromatic heterocycles. The van der Waals surface area contributed by atoms with Crippen LogP contribution in [0.1, 0.15) is 20.0 Å². The lowest BCUT2D eigenvalue weighted by molar-refractivity contribution is 0.0929. The maximum absolute atomic E-state index is 13.0. The van der Waals surface area contributed by atoms with Crippen LogP contribution in [-0.2, 0) is 0 Å². The number of halogens is 1. The molecule has 5 rings (SSSR count). The van der Waals surface area contributed by atoms with Gasteiger partial charge < -0.3 is 15.4 Å². The van der Waals surface area contributed by atoms with E-state index in [1.165, 1.54) is 35.6 Å². The van der Waals surface area contributed by atoms with E-state index in [9.17, 15) is 14.0 Å². The van der Waals surface area contributed by atoms with Crippen LogP contribution in [0.25, 0.3) is 27.2 Å². The average Bonchev–Trinajstić information content (AvgIpc) is 3.52. The number of carbonyl (C=O) groups is 2. The lowest BCUT2D eigenvalue weighted by Crippen LogP contribution is -2.34. The smallest absolute Gasteiger partial charge is 0.261 e. The molecule has 0 bridgehead atoms. The molecule has 37 heavy (non-hydrogen) atoms.